The number of aliphatic hydroxyl groups is 2. The predicted octanol–water partition coefficient (Wildman–Crippen LogP) is -3.87. The van der Waals surface area contributed by atoms with Gasteiger partial charge < -0.3 is 35.6 Å². The molecule has 4 aliphatic heterocycles. The van der Waals surface area contributed by atoms with Crippen LogP contribution in [-0.2, 0) is 9.47 Å². The fourth-order valence-corrected chi connectivity index (χ4v) is 4.74. The van der Waals surface area contributed by atoms with Gasteiger partial charge in [0.2, 0.25) is 0 Å². The van der Waals surface area contributed by atoms with Crippen LogP contribution in [-0.4, -0.2) is 122 Å². The lowest BCUT2D eigenvalue weighted by atomic mass is 10.1. The van der Waals surface area contributed by atoms with Crippen molar-refractivity contribution in [3.05, 3.63) is 0 Å². The van der Waals surface area contributed by atoms with Crippen LogP contribution in [0.2, 0.25) is 0 Å². The number of rotatable bonds is 8. The highest BCUT2D eigenvalue weighted by atomic mass is 16.6. The summed E-state index contributed by atoms with van der Waals surface area (Å²) in [6.07, 6.45) is -0.474. The van der Waals surface area contributed by atoms with E-state index in [2.05, 4.69) is 26.2 Å². The van der Waals surface area contributed by atoms with Crippen LogP contribution in [0, 0.1) is 0 Å². The van der Waals surface area contributed by atoms with Crippen molar-refractivity contribution in [3.63, 3.8) is 0 Å². The molecule has 0 aliphatic carbocycles. The molecule has 0 aromatic carbocycles. The van der Waals surface area contributed by atoms with E-state index in [0.29, 0.717) is 26.0 Å². The van der Waals surface area contributed by atoms with Crippen LogP contribution in [0.3, 0.4) is 0 Å². The molecular weight excluding hydrogens is 378 g/mol. The normalized spacial score (nSPS) is 43.3. The number of nitrogens with two attached hydrogens (primary N) is 1. The number of nitrogens with zero attached hydrogens (tertiary/aromatic N) is 2. The zero-order valence-electron chi connectivity index (χ0n) is 17.2. The minimum absolute atomic E-state index is 0.0216. The van der Waals surface area contributed by atoms with E-state index >= 15 is 0 Å². The molecule has 4 unspecified atom stereocenters. The first-order valence-corrected chi connectivity index (χ1v) is 10.8. The van der Waals surface area contributed by atoms with Gasteiger partial charge in [0.05, 0.1) is 31.1 Å². The van der Waals surface area contributed by atoms with Gasteiger partial charge in [-0.1, -0.05) is 0 Å². The van der Waals surface area contributed by atoms with Crippen molar-refractivity contribution >= 4 is 0 Å². The van der Waals surface area contributed by atoms with Crippen LogP contribution in [0.25, 0.3) is 0 Å². The Kier molecular flexibility index (Phi) is 7.35. The van der Waals surface area contributed by atoms with Crippen molar-refractivity contribution in [2.75, 3.05) is 53.2 Å². The molecule has 0 aromatic rings. The minimum atomic E-state index is -0.959. The minimum Gasteiger partial charge on any atom is -0.387 e. The lowest BCUT2D eigenvalue weighted by Crippen LogP contribution is -2.68. The first-order chi connectivity index (χ1) is 14.0. The molecule has 4 saturated heterocycles. The van der Waals surface area contributed by atoms with Gasteiger partial charge >= 0.3 is 0 Å². The summed E-state index contributed by atoms with van der Waals surface area (Å²) in [4.78, 5) is 4.14. The number of hydrogen-bond acceptors (Lipinski definition) is 11. The van der Waals surface area contributed by atoms with Gasteiger partial charge in [-0.15, -0.1) is 0 Å². The summed E-state index contributed by atoms with van der Waals surface area (Å²) in [6.45, 7) is 5.13. The SMILES string of the molecule is CN(CCNCC1CCCO1)C[C@H]1O[C@@H](N2CNC3C(N)NCNC32)[C@H](O)[C@@H]1O. The summed E-state index contributed by atoms with van der Waals surface area (Å²) >= 11 is 0. The quantitative estimate of drug-likeness (QED) is 0.196. The second-order valence-corrected chi connectivity index (χ2v) is 8.61. The average molecular weight is 416 g/mol. The van der Waals surface area contributed by atoms with E-state index in [-0.39, 0.29) is 18.4 Å². The highest BCUT2D eigenvalue weighted by molar-refractivity contribution is 5.01. The van der Waals surface area contributed by atoms with E-state index in [1.165, 1.54) is 0 Å². The molecule has 0 aromatic heterocycles. The van der Waals surface area contributed by atoms with Crippen molar-refractivity contribution in [1.29, 1.82) is 0 Å². The van der Waals surface area contributed by atoms with Crippen molar-refractivity contribution in [1.82, 2.24) is 31.1 Å². The Morgan fingerprint density at radius 3 is 2.90 bits per heavy atom. The summed E-state index contributed by atoms with van der Waals surface area (Å²) in [7, 11) is 2.00. The van der Waals surface area contributed by atoms with E-state index in [9.17, 15) is 10.2 Å². The van der Waals surface area contributed by atoms with Gasteiger partial charge in [0.1, 0.15) is 24.5 Å². The first kappa shape index (κ1) is 21.8. The van der Waals surface area contributed by atoms with E-state index in [0.717, 1.165) is 39.1 Å². The maximum atomic E-state index is 10.6. The van der Waals surface area contributed by atoms with Crippen molar-refractivity contribution in [2.24, 2.45) is 5.73 Å². The van der Waals surface area contributed by atoms with Gasteiger partial charge in [0.25, 0.3) is 0 Å². The number of fused-ring (bicyclic) bond motifs is 1. The molecule has 0 amide bonds. The van der Waals surface area contributed by atoms with Crippen LogP contribution in [0.4, 0.5) is 0 Å². The highest BCUT2D eigenvalue weighted by Gasteiger charge is 2.51. The van der Waals surface area contributed by atoms with Crippen LogP contribution in [0.5, 0.6) is 0 Å². The van der Waals surface area contributed by atoms with Gasteiger partial charge in [-0.25, -0.2) is 4.90 Å². The van der Waals surface area contributed by atoms with Crippen molar-refractivity contribution in [2.45, 2.75) is 61.9 Å². The molecule has 0 saturated carbocycles. The van der Waals surface area contributed by atoms with Gasteiger partial charge in [-0.2, -0.15) is 0 Å². The van der Waals surface area contributed by atoms with Crippen LogP contribution in [0.1, 0.15) is 12.8 Å². The Bertz CT molecular complexity index is 526. The Balaban J connectivity index is 1.23. The lowest BCUT2D eigenvalue weighted by molar-refractivity contribution is -0.106. The predicted molar refractivity (Wildman–Crippen MR) is 107 cm³/mol. The third-order valence-electron chi connectivity index (χ3n) is 6.46. The Morgan fingerprint density at radius 2 is 2.10 bits per heavy atom. The van der Waals surface area contributed by atoms with E-state index < -0.39 is 24.5 Å². The molecule has 11 nitrogen and oxygen atoms in total. The zero-order chi connectivity index (χ0) is 20.4. The van der Waals surface area contributed by atoms with Gasteiger partial charge in [-0.3, -0.25) is 16.0 Å². The molecule has 4 heterocycles. The molecular formula is C18H37N7O4. The largest absolute Gasteiger partial charge is 0.387 e. The van der Waals surface area contributed by atoms with E-state index in [1.807, 2.05) is 11.9 Å². The number of nitrogens with one attached hydrogen (secondary N) is 4. The van der Waals surface area contributed by atoms with E-state index in [4.69, 9.17) is 15.2 Å². The van der Waals surface area contributed by atoms with Gasteiger partial charge in [0.15, 0.2) is 0 Å². The molecule has 8 N–H and O–H groups in total. The molecule has 8 atom stereocenters. The summed E-state index contributed by atoms with van der Waals surface area (Å²) in [5, 5.41) is 34.5. The summed E-state index contributed by atoms with van der Waals surface area (Å²) in [5.74, 6) is 0. The summed E-state index contributed by atoms with van der Waals surface area (Å²) < 4.78 is 11.7. The maximum absolute atomic E-state index is 10.6. The second kappa shape index (κ2) is 9.79. The third kappa shape index (κ3) is 4.91. The Morgan fingerprint density at radius 1 is 1.24 bits per heavy atom. The maximum Gasteiger partial charge on any atom is 0.142 e. The molecule has 4 fully saturated rings. The third-order valence-corrected chi connectivity index (χ3v) is 6.46. The molecule has 0 bridgehead atoms. The lowest BCUT2D eigenvalue weighted by Gasteiger charge is -2.38. The fourth-order valence-electron chi connectivity index (χ4n) is 4.74. The van der Waals surface area contributed by atoms with Gasteiger partial charge in [-0.05, 0) is 19.9 Å². The number of likely N-dealkylation sites (N-methyl/N-ethyl adjacent to an activating group) is 1. The zero-order valence-corrected chi connectivity index (χ0v) is 17.2. The summed E-state index contributed by atoms with van der Waals surface area (Å²) in [6, 6.07) is 0.0216. The Hall–Kier alpha value is -0.440. The van der Waals surface area contributed by atoms with Gasteiger partial charge in [0, 0.05) is 39.5 Å². The van der Waals surface area contributed by atoms with Crippen LogP contribution in [0.15, 0.2) is 0 Å². The first-order valence-electron chi connectivity index (χ1n) is 10.8. The second-order valence-electron chi connectivity index (χ2n) is 8.61. The highest BCUT2D eigenvalue weighted by Crippen LogP contribution is 2.28. The monoisotopic (exact) mass is 415 g/mol. The molecule has 168 valence electrons. The summed E-state index contributed by atoms with van der Waals surface area (Å²) in [5.41, 5.74) is 6.12. The molecule has 29 heavy (non-hydrogen) atoms. The smallest absolute Gasteiger partial charge is 0.142 e. The fraction of sp³-hybridized carbons (Fsp3) is 1.00. The molecule has 0 radical (unpaired) electrons. The van der Waals surface area contributed by atoms with Crippen LogP contribution >= 0.6 is 0 Å². The molecule has 4 aliphatic rings. The Labute approximate surface area is 172 Å². The van der Waals surface area contributed by atoms with E-state index in [1.54, 1.807) is 0 Å². The number of aliphatic hydroxyl groups excluding tert-OH is 2. The number of ether oxygens (including phenoxy) is 2. The van der Waals surface area contributed by atoms with Crippen molar-refractivity contribution in [3.8, 4) is 0 Å². The number of hydrogen-bond donors (Lipinski definition) is 7. The molecule has 11 heteroatoms. The van der Waals surface area contributed by atoms with Crippen LogP contribution < -0.4 is 27.0 Å². The molecule has 4 rings (SSSR count). The standard InChI is InChI=1S/C18H37N7O4/c1-24(5-4-20-7-11-3-2-6-28-11)8-12-14(26)15(27)18(29-12)25-10-23-13-16(19)21-9-22-17(13)25/h11-18,20-23,26-27H,2-10,19H2,1H3/t11?,12-,13?,14-,15-,16?,17?,18-/m1/s1. The topological polar surface area (TPSA) is 140 Å². The van der Waals surface area contributed by atoms with Crippen molar-refractivity contribution < 1.29 is 19.7 Å². The molecule has 0 spiro atoms. The average Bonchev–Trinajstić information content (AvgIpc) is 3.42.